The fraction of sp³-hybridized carbons (Fsp3) is 0.286. The highest BCUT2D eigenvalue weighted by Gasteiger charge is 1.71. The van der Waals surface area contributed by atoms with Gasteiger partial charge in [-0.2, -0.15) is 0 Å². The van der Waals surface area contributed by atoms with Crippen LogP contribution in [-0.4, -0.2) is 6.21 Å². The first-order valence-electron chi connectivity index (χ1n) is 2.43. The van der Waals surface area contributed by atoms with Crippen LogP contribution in [0.2, 0.25) is 0 Å². The predicted octanol–water partition coefficient (Wildman–Crippen LogP) is 1.61. The molecule has 8 heavy (non-hydrogen) atoms. The van der Waals surface area contributed by atoms with Crippen LogP contribution in [0.5, 0.6) is 0 Å². The maximum atomic E-state index is 4.90. The minimum Gasteiger partial charge on any atom is -0.253 e. The van der Waals surface area contributed by atoms with Crippen molar-refractivity contribution in [2.45, 2.75) is 13.8 Å². The van der Waals surface area contributed by atoms with Gasteiger partial charge >= 0.3 is 0 Å². The standard InChI is InChI=1S/C7H9N/c1-4-6-8-7(3)5-2/h1,5-6H,2-3H3/b7-5-,8-6?. The van der Waals surface area contributed by atoms with Crippen molar-refractivity contribution < 1.29 is 0 Å². The zero-order chi connectivity index (χ0) is 6.41. The molecule has 1 nitrogen and oxygen atoms in total. The maximum absolute atomic E-state index is 4.90. The number of aliphatic imine (C=N–C) groups is 1. The van der Waals surface area contributed by atoms with Crippen molar-refractivity contribution in [3.8, 4) is 12.3 Å². The van der Waals surface area contributed by atoms with E-state index >= 15 is 0 Å². The van der Waals surface area contributed by atoms with Gasteiger partial charge in [0.25, 0.3) is 0 Å². The molecule has 0 aromatic rings. The van der Waals surface area contributed by atoms with Gasteiger partial charge in [-0.05, 0) is 13.8 Å². The second-order valence-electron chi connectivity index (χ2n) is 1.35. The molecule has 1 heteroatoms. The van der Waals surface area contributed by atoms with Gasteiger partial charge in [-0.25, -0.2) is 0 Å². The van der Waals surface area contributed by atoms with Crippen molar-refractivity contribution in [1.29, 1.82) is 0 Å². The van der Waals surface area contributed by atoms with Gasteiger partial charge in [-0.15, -0.1) is 6.42 Å². The van der Waals surface area contributed by atoms with E-state index in [1.165, 1.54) is 6.21 Å². The summed E-state index contributed by atoms with van der Waals surface area (Å²) in [6.45, 7) is 3.82. The predicted molar refractivity (Wildman–Crippen MR) is 36.8 cm³/mol. The van der Waals surface area contributed by atoms with Crippen molar-refractivity contribution in [2.24, 2.45) is 4.99 Å². The lowest BCUT2D eigenvalue weighted by atomic mass is 10.5. The Morgan fingerprint density at radius 2 is 2.38 bits per heavy atom. The molecule has 0 N–H and O–H groups in total. The van der Waals surface area contributed by atoms with Gasteiger partial charge in [0, 0.05) is 5.70 Å². The number of rotatable bonds is 1. The van der Waals surface area contributed by atoms with Gasteiger partial charge in [-0.1, -0.05) is 12.0 Å². The molecule has 0 radical (unpaired) electrons. The first-order valence-corrected chi connectivity index (χ1v) is 2.43. The van der Waals surface area contributed by atoms with E-state index in [0.717, 1.165) is 5.70 Å². The van der Waals surface area contributed by atoms with Gasteiger partial charge in [-0.3, -0.25) is 4.99 Å². The lowest BCUT2D eigenvalue weighted by Crippen LogP contribution is -1.67. The van der Waals surface area contributed by atoms with Crippen LogP contribution in [0, 0.1) is 12.3 Å². The summed E-state index contributed by atoms with van der Waals surface area (Å²) in [6, 6.07) is 0. The highest BCUT2D eigenvalue weighted by atomic mass is 14.7. The fourth-order valence-electron chi connectivity index (χ4n) is 0.214. The zero-order valence-electron chi connectivity index (χ0n) is 5.18. The average molecular weight is 107 g/mol. The van der Waals surface area contributed by atoms with Crippen molar-refractivity contribution >= 4 is 6.21 Å². The van der Waals surface area contributed by atoms with E-state index in [-0.39, 0.29) is 0 Å². The molecule has 0 aromatic heterocycles. The molecular weight excluding hydrogens is 98.1 g/mol. The number of hydrogen-bond donors (Lipinski definition) is 0. The molecule has 0 unspecified atom stereocenters. The van der Waals surface area contributed by atoms with Crippen LogP contribution in [0.25, 0.3) is 0 Å². The van der Waals surface area contributed by atoms with Crippen LogP contribution in [0.4, 0.5) is 0 Å². The summed E-state index contributed by atoms with van der Waals surface area (Å²) < 4.78 is 0. The van der Waals surface area contributed by atoms with Crippen LogP contribution in [0.1, 0.15) is 13.8 Å². The van der Waals surface area contributed by atoms with E-state index in [9.17, 15) is 0 Å². The van der Waals surface area contributed by atoms with E-state index in [2.05, 4.69) is 10.9 Å². The molecule has 0 saturated carbocycles. The Morgan fingerprint density at radius 1 is 1.75 bits per heavy atom. The van der Waals surface area contributed by atoms with Gasteiger partial charge in [0.2, 0.25) is 0 Å². The first kappa shape index (κ1) is 6.97. The molecule has 0 saturated heterocycles. The summed E-state index contributed by atoms with van der Waals surface area (Å²) in [7, 11) is 0. The van der Waals surface area contributed by atoms with Crippen LogP contribution in [-0.2, 0) is 0 Å². The highest BCUT2D eigenvalue weighted by Crippen LogP contribution is 1.89. The van der Waals surface area contributed by atoms with Crippen LogP contribution < -0.4 is 0 Å². The minimum absolute atomic E-state index is 0.947. The number of hydrogen-bond acceptors (Lipinski definition) is 1. The molecule has 0 heterocycles. The van der Waals surface area contributed by atoms with Gasteiger partial charge in [0.05, 0.1) is 6.21 Å². The summed E-state index contributed by atoms with van der Waals surface area (Å²) in [5.74, 6) is 2.30. The third kappa shape index (κ3) is 3.17. The molecule has 0 amide bonds. The Morgan fingerprint density at radius 3 is 2.75 bits per heavy atom. The molecule has 0 aromatic carbocycles. The molecule has 42 valence electrons. The van der Waals surface area contributed by atoms with Crippen LogP contribution in [0.3, 0.4) is 0 Å². The largest absolute Gasteiger partial charge is 0.253 e. The highest BCUT2D eigenvalue weighted by molar-refractivity contribution is 5.77. The summed E-state index contributed by atoms with van der Waals surface area (Å²) in [6.07, 6.45) is 8.24. The average Bonchev–Trinajstić information content (AvgIpc) is 1.83. The van der Waals surface area contributed by atoms with Crippen molar-refractivity contribution in [2.75, 3.05) is 0 Å². The van der Waals surface area contributed by atoms with E-state index in [0.29, 0.717) is 0 Å². The Hall–Kier alpha value is -1.03. The van der Waals surface area contributed by atoms with E-state index in [4.69, 9.17) is 6.42 Å². The van der Waals surface area contributed by atoms with Crippen LogP contribution in [0.15, 0.2) is 16.8 Å². The lowest BCUT2D eigenvalue weighted by Gasteiger charge is -1.81. The Bertz CT molecular complexity index is 146. The molecular formula is C7H9N. The third-order valence-electron chi connectivity index (χ3n) is 0.760. The number of terminal acetylenes is 1. The monoisotopic (exact) mass is 107 g/mol. The van der Waals surface area contributed by atoms with Gasteiger partial charge in [0.1, 0.15) is 0 Å². The summed E-state index contributed by atoms with van der Waals surface area (Å²) >= 11 is 0. The Kier molecular flexibility index (Phi) is 3.60. The van der Waals surface area contributed by atoms with E-state index < -0.39 is 0 Å². The maximum Gasteiger partial charge on any atom is 0.0766 e. The van der Waals surface area contributed by atoms with Gasteiger partial charge in [0.15, 0.2) is 0 Å². The normalized spacial score (nSPS) is 11.9. The third-order valence-corrected chi connectivity index (χ3v) is 0.760. The quantitative estimate of drug-likeness (QED) is 0.356. The van der Waals surface area contributed by atoms with Gasteiger partial charge < -0.3 is 0 Å². The molecule has 0 atom stereocenters. The second kappa shape index (κ2) is 4.14. The van der Waals surface area contributed by atoms with E-state index in [1.54, 1.807) is 0 Å². The van der Waals surface area contributed by atoms with E-state index in [1.807, 2.05) is 19.9 Å². The Balaban J connectivity index is 3.75. The SMILES string of the molecule is C#CC=N/C(C)=C\C. The zero-order valence-corrected chi connectivity index (χ0v) is 5.18. The summed E-state index contributed by atoms with van der Waals surface area (Å²) in [4.78, 5) is 3.86. The number of nitrogens with zero attached hydrogens (tertiary/aromatic N) is 1. The minimum atomic E-state index is 0.947. The van der Waals surface area contributed by atoms with Crippen molar-refractivity contribution in [1.82, 2.24) is 0 Å². The molecule has 0 rings (SSSR count). The molecule has 0 aliphatic heterocycles. The smallest absolute Gasteiger partial charge is 0.0766 e. The lowest BCUT2D eigenvalue weighted by molar-refractivity contribution is 1.30. The molecule has 0 bridgehead atoms. The number of allylic oxidation sites excluding steroid dienone is 2. The summed E-state index contributed by atoms with van der Waals surface area (Å²) in [5, 5.41) is 0. The van der Waals surface area contributed by atoms with Crippen LogP contribution >= 0.6 is 0 Å². The first-order chi connectivity index (χ1) is 3.81. The molecule has 0 aliphatic carbocycles. The fourth-order valence-corrected chi connectivity index (χ4v) is 0.214. The van der Waals surface area contributed by atoms with Crippen molar-refractivity contribution in [3.63, 3.8) is 0 Å². The summed E-state index contributed by atoms with van der Waals surface area (Å²) in [5.41, 5.74) is 0.947. The second-order valence-corrected chi connectivity index (χ2v) is 1.35. The molecule has 0 fully saturated rings. The molecule has 0 spiro atoms. The van der Waals surface area contributed by atoms with Crippen molar-refractivity contribution in [3.05, 3.63) is 11.8 Å². The topological polar surface area (TPSA) is 12.4 Å². The molecule has 0 aliphatic rings. The Labute approximate surface area is 50.1 Å².